The van der Waals surface area contributed by atoms with Gasteiger partial charge in [-0.15, -0.1) is 0 Å². The molecule has 1 atom stereocenters. The zero-order valence-electron chi connectivity index (χ0n) is 10.7. The van der Waals surface area contributed by atoms with Gasteiger partial charge < -0.3 is 20.4 Å². The van der Waals surface area contributed by atoms with Crippen LogP contribution in [-0.2, 0) is 16.0 Å². The van der Waals surface area contributed by atoms with Crippen LogP contribution in [0.4, 0.5) is 0 Å². The third kappa shape index (κ3) is 3.23. The van der Waals surface area contributed by atoms with Crippen molar-refractivity contribution in [2.24, 2.45) is 5.73 Å². The summed E-state index contributed by atoms with van der Waals surface area (Å²) < 4.78 is 4.57. The molecule has 4 N–H and O–H groups in total. The van der Waals surface area contributed by atoms with E-state index < -0.39 is 6.04 Å². The molecule has 2 rings (SSSR count). The highest BCUT2D eigenvalue weighted by Crippen LogP contribution is 2.13. The topological polar surface area (TPSA) is 101 Å². The predicted octanol–water partition coefficient (Wildman–Crippen LogP) is 0.679. The van der Waals surface area contributed by atoms with Crippen LogP contribution in [0, 0.1) is 0 Å². The lowest BCUT2D eigenvalue weighted by molar-refractivity contribution is -0.142. The van der Waals surface area contributed by atoms with Gasteiger partial charge in [-0.05, 0) is 37.0 Å². The molecule has 1 heterocycles. The van der Waals surface area contributed by atoms with Crippen molar-refractivity contribution in [2.45, 2.75) is 25.3 Å². The SMILES string of the molecule is COC(=O)C(N)CCCc1ccc2[nH]c(=O)[nH]c2c1. The zero-order chi connectivity index (χ0) is 13.8. The van der Waals surface area contributed by atoms with Crippen molar-refractivity contribution in [3.63, 3.8) is 0 Å². The number of rotatable bonds is 5. The molecule has 0 amide bonds. The van der Waals surface area contributed by atoms with Crippen molar-refractivity contribution in [3.05, 3.63) is 34.2 Å². The van der Waals surface area contributed by atoms with Gasteiger partial charge in [-0.25, -0.2) is 4.79 Å². The lowest BCUT2D eigenvalue weighted by atomic mass is 10.0. The third-order valence-electron chi connectivity index (χ3n) is 3.06. The Labute approximate surface area is 110 Å². The number of fused-ring (bicyclic) bond motifs is 1. The Morgan fingerprint density at radius 1 is 1.37 bits per heavy atom. The van der Waals surface area contributed by atoms with E-state index in [4.69, 9.17) is 5.73 Å². The fourth-order valence-corrected chi connectivity index (χ4v) is 2.03. The summed E-state index contributed by atoms with van der Waals surface area (Å²) in [7, 11) is 1.33. The number of carbonyl (C=O) groups excluding carboxylic acids is 1. The second-order valence-electron chi connectivity index (χ2n) is 4.48. The molecule has 19 heavy (non-hydrogen) atoms. The van der Waals surface area contributed by atoms with E-state index in [9.17, 15) is 9.59 Å². The molecule has 0 spiro atoms. The molecule has 0 aliphatic rings. The van der Waals surface area contributed by atoms with Gasteiger partial charge in [0.05, 0.1) is 18.1 Å². The van der Waals surface area contributed by atoms with Crippen molar-refractivity contribution in [2.75, 3.05) is 7.11 Å². The highest BCUT2D eigenvalue weighted by Gasteiger charge is 2.12. The van der Waals surface area contributed by atoms with Crippen LogP contribution >= 0.6 is 0 Å². The molecule has 2 aromatic rings. The van der Waals surface area contributed by atoms with E-state index in [0.717, 1.165) is 29.4 Å². The number of H-pyrrole nitrogens is 2. The summed E-state index contributed by atoms with van der Waals surface area (Å²) in [5.74, 6) is -0.384. The minimum atomic E-state index is -0.569. The van der Waals surface area contributed by atoms with Crippen LogP contribution < -0.4 is 11.4 Å². The fraction of sp³-hybridized carbons (Fsp3) is 0.385. The number of methoxy groups -OCH3 is 1. The van der Waals surface area contributed by atoms with Crippen LogP contribution in [0.15, 0.2) is 23.0 Å². The average molecular weight is 263 g/mol. The average Bonchev–Trinajstić information content (AvgIpc) is 2.77. The van der Waals surface area contributed by atoms with Crippen LogP contribution in [-0.4, -0.2) is 29.1 Å². The quantitative estimate of drug-likeness (QED) is 0.690. The van der Waals surface area contributed by atoms with E-state index >= 15 is 0 Å². The van der Waals surface area contributed by atoms with Crippen LogP contribution in [0.25, 0.3) is 11.0 Å². The van der Waals surface area contributed by atoms with Crippen molar-refractivity contribution in [1.82, 2.24) is 9.97 Å². The second kappa shape index (κ2) is 5.71. The van der Waals surface area contributed by atoms with E-state index in [-0.39, 0.29) is 11.7 Å². The monoisotopic (exact) mass is 263 g/mol. The van der Waals surface area contributed by atoms with Gasteiger partial charge in [-0.1, -0.05) is 6.07 Å². The number of aryl methyl sites for hydroxylation is 1. The van der Waals surface area contributed by atoms with E-state index in [2.05, 4.69) is 14.7 Å². The van der Waals surface area contributed by atoms with Crippen LogP contribution in [0.5, 0.6) is 0 Å². The number of hydrogen-bond donors (Lipinski definition) is 3. The first-order valence-corrected chi connectivity index (χ1v) is 6.14. The van der Waals surface area contributed by atoms with Gasteiger partial charge in [0.25, 0.3) is 0 Å². The highest BCUT2D eigenvalue weighted by molar-refractivity contribution is 5.75. The van der Waals surface area contributed by atoms with Gasteiger partial charge in [0, 0.05) is 0 Å². The van der Waals surface area contributed by atoms with Crippen LogP contribution in [0.3, 0.4) is 0 Å². The van der Waals surface area contributed by atoms with E-state index in [1.807, 2.05) is 18.2 Å². The molecule has 0 aliphatic heterocycles. The summed E-state index contributed by atoms with van der Waals surface area (Å²) >= 11 is 0. The van der Waals surface area contributed by atoms with Gasteiger partial charge in [0.2, 0.25) is 0 Å². The van der Waals surface area contributed by atoms with E-state index in [1.54, 1.807) is 0 Å². The number of esters is 1. The zero-order valence-corrected chi connectivity index (χ0v) is 10.7. The molecule has 1 aromatic carbocycles. The summed E-state index contributed by atoms with van der Waals surface area (Å²) in [5, 5.41) is 0. The van der Waals surface area contributed by atoms with Gasteiger partial charge in [-0.3, -0.25) is 4.79 Å². The summed E-state index contributed by atoms with van der Waals surface area (Å²) in [4.78, 5) is 27.7. The minimum Gasteiger partial charge on any atom is -0.468 e. The number of carbonyl (C=O) groups is 1. The highest BCUT2D eigenvalue weighted by atomic mass is 16.5. The van der Waals surface area contributed by atoms with Crippen molar-refractivity contribution in [3.8, 4) is 0 Å². The molecule has 0 radical (unpaired) electrons. The number of benzene rings is 1. The minimum absolute atomic E-state index is 0.208. The number of hydrogen-bond acceptors (Lipinski definition) is 4. The van der Waals surface area contributed by atoms with Crippen LogP contribution in [0.1, 0.15) is 18.4 Å². The molecule has 1 aromatic heterocycles. The molecular weight excluding hydrogens is 246 g/mol. The van der Waals surface area contributed by atoms with Gasteiger partial charge in [-0.2, -0.15) is 0 Å². The number of ether oxygens (including phenoxy) is 1. The molecule has 1 unspecified atom stereocenters. The van der Waals surface area contributed by atoms with E-state index in [1.165, 1.54) is 7.11 Å². The first-order chi connectivity index (χ1) is 9.10. The van der Waals surface area contributed by atoms with Crippen LogP contribution in [0.2, 0.25) is 0 Å². The number of aromatic nitrogens is 2. The Kier molecular flexibility index (Phi) is 4.01. The Morgan fingerprint density at radius 2 is 2.11 bits per heavy atom. The van der Waals surface area contributed by atoms with Gasteiger partial charge in [0.1, 0.15) is 6.04 Å². The Bertz CT molecular complexity index is 629. The molecule has 6 nitrogen and oxygen atoms in total. The largest absolute Gasteiger partial charge is 0.468 e. The molecule has 0 fully saturated rings. The predicted molar refractivity (Wildman–Crippen MR) is 71.8 cm³/mol. The summed E-state index contributed by atoms with van der Waals surface area (Å²) in [6.07, 6.45) is 2.17. The fourth-order valence-electron chi connectivity index (χ4n) is 2.03. The van der Waals surface area contributed by atoms with E-state index in [0.29, 0.717) is 6.42 Å². The maximum atomic E-state index is 11.1. The maximum Gasteiger partial charge on any atom is 0.323 e. The molecule has 102 valence electrons. The molecule has 0 saturated heterocycles. The molecular formula is C13H17N3O3. The molecule has 0 bridgehead atoms. The lowest BCUT2D eigenvalue weighted by Gasteiger charge is -2.08. The number of imidazole rings is 1. The first kappa shape index (κ1) is 13.4. The van der Waals surface area contributed by atoms with Gasteiger partial charge in [0.15, 0.2) is 0 Å². The first-order valence-electron chi connectivity index (χ1n) is 6.14. The number of aromatic amines is 2. The summed E-state index contributed by atoms with van der Waals surface area (Å²) in [5.41, 5.74) is 8.13. The number of nitrogens with two attached hydrogens (primary N) is 1. The lowest BCUT2D eigenvalue weighted by Crippen LogP contribution is -2.31. The van der Waals surface area contributed by atoms with Gasteiger partial charge >= 0.3 is 11.7 Å². The van der Waals surface area contributed by atoms with Crippen molar-refractivity contribution >= 4 is 17.0 Å². The molecule has 6 heteroatoms. The molecule has 0 aliphatic carbocycles. The number of nitrogens with one attached hydrogen (secondary N) is 2. The smallest absolute Gasteiger partial charge is 0.323 e. The van der Waals surface area contributed by atoms with Crippen molar-refractivity contribution in [1.29, 1.82) is 0 Å². The normalized spacial score (nSPS) is 12.5. The molecule has 0 saturated carbocycles. The standard InChI is InChI=1S/C13H17N3O3/c1-19-12(17)9(14)4-2-3-8-5-6-10-11(7-8)16-13(18)15-10/h5-7,9H,2-4,14H2,1H3,(H2,15,16,18). The summed E-state index contributed by atoms with van der Waals surface area (Å²) in [6, 6.07) is 5.18. The third-order valence-corrected chi connectivity index (χ3v) is 3.06. The van der Waals surface area contributed by atoms with Crippen molar-refractivity contribution < 1.29 is 9.53 Å². The summed E-state index contributed by atoms with van der Waals surface area (Å²) in [6.45, 7) is 0. The second-order valence-corrected chi connectivity index (χ2v) is 4.48. The maximum absolute atomic E-state index is 11.1. The Balaban J connectivity index is 1.94. The Morgan fingerprint density at radius 3 is 2.84 bits per heavy atom. The Hall–Kier alpha value is -2.08.